The Morgan fingerprint density at radius 2 is 2.14 bits per heavy atom. The van der Waals surface area contributed by atoms with Crippen molar-refractivity contribution in [1.29, 1.82) is 0 Å². The van der Waals surface area contributed by atoms with Gasteiger partial charge in [-0.1, -0.05) is 13.8 Å². The van der Waals surface area contributed by atoms with Gasteiger partial charge in [0, 0.05) is 12.0 Å². The number of aliphatic hydroxyl groups excluding tert-OH is 2. The van der Waals surface area contributed by atoms with E-state index in [1.54, 1.807) is 13.8 Å². The number of fused-ring (bicyclic) bond motifs is 1. The number of nitrogens with zero attached hydrogens (tertiary/aromatic N) is 1. The lowest BCUT2D eigenvalue weighted by molar-refractivity contribution is -0.906. The van der Waals surface area contributed by atoms with Crippen LogP contribution in [0.2, 0.25) is 0 Å². The first-order chi connectivity index (χ1) is 10.1. The first kappa shape index (κ1) is 17.4. The highest BCUT2D eigenvalue weighted by Crippen LogP contribution is 2.35. The summed E-state index contributed by atoms with van der Waals surface area (Å²) in [6, 6.07) is -0.0357. The Balaban J connectivity index is 2.03. The largest absolute Gasteiger partial charge is 0.459 e. The molecule has 3 N–H and O–H groups in total. The summed E-state index contributed by atoms with van der Waals surface area (Å²) in [4.78, 5) is 12.2. The zero-order valence-corrected chi connectivity index (χ0v) is 13.8. The van der Waals surface area contributed by atoms with Gasteiger partial charge in [-0.2, -0.15) is 0 Å². The van der Waals surface area contributed by atoms with E-state index in [2.05, 4.69) is 7.05 Å². The minimum atomic E-state index is -1.91. The molecule has 0 saturated carbocycles. The number of likely N-dealkylation sites (N-methyl/N-ethyl adjacent to an activating group) is 1. The van der Waals surface area contributed by atoms with Gasteiger partial charge in [0.05, 0.1) is 26.2 Å². The van der Waals surface area contributed by atoms with Gasteiger partial charge in [-0.3, -0.25) is 0 Å². The van der Waals surface area contributed by atoms with Crippen molar-refractivity contribution in [1.82, 2.24) is 0 Å². The van der Waals surface area contributed by atoms with E-state index >= 15 is 0 Å². The molecule has 0 aromatic heterocycles. The lowest BCUT2D eigenvalue weighted by atomic mass is 9.85. The highest BCUT2D eigenvalue weighted by molar-refractivity contribution is 5.80. The predicted octanol–water partition coefficient (Wildman–Crippen LogP) is -0.183. The number of rotatable bonds is 5. The Kier molecular flexibility index (Phi) is 4.69. The van der Waals surface area contributed by atoms with Crippen LogP contribution in [-0.2, 0) is 9.53 Å². The molecule has 0 unspecified atom stereocenters. The Morgan fingerprint density at radius 3 is 2.68 bits per heavy atom. The van der Waals surface area contributed by atoms with E-state index in [1.165, 1.54) is 6.92 Å². The quantitative estimate of drug-likeness (QED) is 0.372. The summed E-state index contributed by atoms with van der Waals surface area (Å²) in [6.45, 7) is 6.48. The molecule has 22 heavy (non-hydrogen) atoms. The second kappa shape index (κ2) is 5.92. The van der Waals surface area contributed by atoms with Gasteiger partial charge in [-0.25, -0.2) is 4.79 Å². The van der Waals surface area contributed by atoms with Crippen LogP contribution in [0.4, 0.5) is 0 Å². The number of hydrogen-bond acceptors (Lipinski definition) is 5. The second-order valence-electron chi connectivity index (χ2n) is 7.20. The third-order valence-corrected chi connectivity index (χ3v) is 5.34. The van der Waals surface area contributed by atoms with Crippen LogP contribution in [0.15, 0.2) is 11.6 Å². The van der Waals surface area contributed by atoms with Crippen LogP contribution >= 0.6 is 0 Å². The summed E-state index contributed by atoms with van der Waals surface area (Å²) in [6.07, 6.45) is 1.13. The fraction of sp³-hybridized carbons (Fsp3) is 0.812. The van der Waals surface area contributed by atoms with E-state index in [4.69, 9.17) is 4.74 Å². The number of carbonyl (C=O) groups is 1. The predicted molar refractivity (Wildman–Crippen MR) is 80.8 cm³/mol. The van der Waals surface area contributed by atoms with Crippen molar-refractivity contribution in [2.75, 3.05) is 26.7 Å². The third-order valence-electron chi connectivity index (χ3n) is 5.34. The van der Waals surface area contributed by atoms with Crippen molar-refractivity contribution >= 4 is 5.97 Å². The molecule has 6 heteroatoms. The molecule has 5 atom stereocenters. The number of hydrogen-bond donors (Lipinski definition) is 3. The van der Waals surface area contributed by atoms with Gasteiger partial charge in [-0.15, -0.1) is 0 Å². The minimum Gasteiger partial charge on any atom is -0.459 e. The summed E-state index contributed by atoms with van der Waals surface area (Å²) >= 11 is 0. The van der Waals surface area contributed by atoms with E-state index in [-0.39, 0.29) is 12.6 Å². The molecule has 0 aliphatic carbocycles. The lowest BCUT2D eigenvalue weighted by Gasteiger charge is -2.33. The molecular weight excluding hydrogens is 286 g/mol. The first-order valence-corrected chi connectivity index (χ1v) is 7.91. The van der Waals surface area contributed by atoms with E-state index < -0.39 is 29.7 Å². The van der Waals surface area contributed by atoms with Gasteiger partial charge >= 0.3 is 5.97 Å². The van der Waals surface area contributed by atoms with Crippen LogP contribution in [0.1, 0.15) is 27.2 Å². The van der Waals surface area contributed by atoms with Crippen molar-refractivity contribution in [2.24, 2.45) is 5.92 Å². The topological polar surface area (TPSA) is 87.0 Å². The molecule has 0 aromatic rings. The monoisotopic (exact) mass is 314 g/mol. The van der Waals surface area contributed by atoms with Gasteiger partial charge in [0.15, 0.2) is 5.60 Å². The summed E-state index contributed by atoms with van der Waals surface area (Å²) < 4.78 is 6.03. The lowest BCUT2D eigenvalue weighted by Crippen LogP contribution is -2.54. The van der Waals surface area contributed by atoms with E-state index in [0.29, 0.717) is 0 Å². The maximum absolute atomic E-state index is 12.2. The Hall–Kier alpha value is -0.950. The zero-order chi connectivity index (χ0) is 16.7. The van der Waals surface area contributed by atoms with Crippen LogP contribution in [-0.4, -0.2) is 76.4 Å². The minimum absolute atomic E-state index is 0.0357. The van der Waals surface area contributed by atoms with Crippen LogP contribution in [0.25, 0.3) is 0 Å². The summed E-state index contributed by atoms with van der Waals surface area (Å²) in [5.74, 6) is -1.28. The molecule has 2 aliphatic rings. The number of esters is 1. The molecule has 2 heterocycles. The SMILES string of the molecule is CC(C)[C@](O)(C(=O)OCC1=CC[N@+]2(C)CC[C@H](O)[C@H]12)[C@@H](C)O. The van der Waals surface area contributed by atoms with E-state index in [0.717, 1.165) is 29.6 Å². The van der Waals surface area contributed by atoms with E-state index in [9.17, 15) is 20.1 Å². The van der Waals surface area contributed by atoms with Gasteiger partial charge in [-0.05, 0) is 18.9 Å². The van der Waals surface area contributed by atoms with Crippen LogP contribution in [0.3, 0.4) is 0 Å². The van der Waals surface area contributed by atoms with E-state index in [1.807, 2.05) is 6.08 Å². The maximum Gasteiger partial charge on any atom is 0.341 e. The van der Waals surface area contributed by atoms with Crippen molar-refractivity contribution in [3.8, 4) is 0 Å². The second-order valence-corrected chi connectivity index (χ2v) is 7.20. The Labute approximate surface area is 131 Å². The van der Waals surface area contributed by atoms with Crippen LogP contribution < -0.4 is 0 Å². The number of aliphatic hydroxyl groups is 3. The van der Waals surface area contributed by atoms with Crippen molar-refractivity contribution in [3.63, 3.8) is 0 Å². The molecule has 2 rings (SSSR count). The van der Waals surface area contributed by atoms with Crippen LogP contribution in [0.5, 0.6) is 0 Å². The molecule has 0 radical (unpaired) electrons. The van der Waals surface area contributed by atoms with Crippen molar-refractivity contribution < 1.29 is 29.3 Å². The molecule has 6 nitrogen and oxygen atoms in total. The third kappa shape index (κ3) is 2.69. The maximum atomic E-state index is 12.2. The summed E-state index contributed by atoms with van der Waals surface area (Å²) in [5.41, 5.74) is -1.01. The zero-order valence-electron chi connectivity index (χ0n) is 13.8. The highest BCUT2D eigenvalue weighted by Gasteiger charge is 2.51. The molecule has 0 aromatic carbocycles. The summed E-state index contributed by atoms with van der Waals surface area (Å²) in [5, 5.41) is 30.3. The molecule has 0 amide bonds. The average Bonchev–Trinajstić information content (AvgIpc) is 2.92. The van der Waals surface area contributed by atoms with Crippen LogP contribution in [0, 0.1) is 5.92 Å². The molecule has 2 aliphatic heterocycles. The number of quaternary nitrogens is 1. The van der Waals surface area contributed by atoms with Crippen molar-refractivity contribution in [3.05, 3.63) is 11.6 Å². The molecule has 0 bridgehead atoms. The smallest absolute Gasteiger partial charge is 0.341 e. The first-order valence-electron chi connectivity index (χ1n) is 7.91. The Morgan fingerprint density at radius 1 is 1.50 bits per heavy atom. The average molecular weight is 314 g/mol. The van der Waals surface area contributed by atoms with Gasteiger partial charge in [0.1, 0.15) is 18.8 Å². The Bertz CT molecular complexity index is 465. The molecule has 0 spiro atoms. The fourth-order valence-corrected chi connectivity index (χ4v) is 3.74. The van der Waals surface area contributed by atoms with Gasteiger partial charge in [0.2, 0.25) is 0 Å². The van der Waals surface area contributed by atoms with Crippen molar-refractivity contribution in [2.45, 2.75) is 51.0 Å². The highest BCUT2D eigenvalue weighted by atomic mass is 16.6. The molecule has 1 fully saturated rings. The fourth-order valence-electron chi connectivity index (χ4n) is 3.74. The molecular formula is C16H28NO5+. The number of carbonyl (C=O) groups excluding carboxylic acids is 1. The molecule has 126 valence electrons. The standard InChI is InChI=1S/C16H28NO5/c1-10(2)16(21,11(3)18)15(20)22-9-12-5-7-17(4)8-6-13(19)14(12)17/h5,10-11,13-14,18-19,21H,6-9H2,1-4H3/q+1/t11-,13+,14+,16-,17-/m1/s1. The number of ether oxygens (including phenoxy) is 1. The summed E-state index contributed by atoms with van der Waals surface area (Å²) in [7, 11) is 2.09. The normalized spacial score (nSPS) is 35.0. The van der Waals surface area contributed by atoms with Gasteiger partial charge < -0.3 is 24.5 Å². The molecule has 1 saturated heterocycles. The van der Waals surface area contributed by atoms with Gasteiger partial charge in [0.25, 0.3) is 0 Å².